The van der Waals surface area contributed by atoms with Gasteiger partial charge in [0.25, 0.3) is 0 Å². The molecule has 0 aromatic carbocycles. The van der Waals surface area contributed by atoms with Crippen LogP contribution in [-0.2, 0) is 17.1 Å². The van der Waals surface area contributed by atoms with Gasteiger partial charge in [0.05, 0.1) is 5.75 Å². The van der Waals surface area contributed by atoms with Crippen molar-refractivity contribution in [2.45, 2.75) is 44.2 Å². The summed E-state index contributed by atoms with van der Waals surface area (Å²) in [5, 5.41) is 11.7. The van der Waals surface area contributed by atoms with E-state index in [0.29, 0.717) is 12.2 Å². The Balaban J connectivity index is 2.46. The summed E-state index contributed by atoms with van der Waals surface area (Å²) >= 11 is 1.67. The summed E-state index contributed by atoms with van der Waals surface area (Å²) in [4.78, 5) is 10.8. The molecule has 0 saturated heterocycles. The van der Waals surface area contributed by atoms with Gasteiger partial charge in [0.15, 0.2) is 5.82 Å². The average molecular weight is 243 g/mol. The fourth-order valence-electron chi connectivity index (χ4n) is 1.31. The first-order valence-corrected chi connectivity index (χ1v) is 6.37. The molecule has 0 aliphatic rings. The number of aryl methyl sites for hydroxylation is 1. The average Bonchev–Trinajstić information content (AvgIpc) is 2.70. The second-order valence-corrected chi connectivity index (χ2v) is 4.71. The van der Waals surface area contributed by atoms with Gasteiger partial charge in [-0.2, -0.15) is 0 Å². The zero-order valence-electron chi connectivity index (χ0n) is 9.59. The molecule has 1 amide bonds. The molecule has 1 unspecified atom stereocenters. The van der Waals surface area contributed by atoms with Crippen LogP contribution in [0.3, 0.4) is 0 Å². The SMILES string of the molecule is CCC(CC(N)=O)SCc1nnnn1CC. The topological polar surface area (TPSA) is 86.7 Å². The molecule has 1 aromatic rings. The van der Waals surface area contributed by atoms with E-state index in [9.17, 15) is 4.79 Å². The zero-order valence-corrected chi connectivity index (χ0v) is 10.4. The number of primary amides is 1. The van der Waals surface area contributed by atoms with E-state index in [2.05, 4.69) is 15.5 Å². The van der Waals surface area contributed by atoms with Crippen molar-refractivity contribution in [2.24, 2.45) is 5.73 Å². The van der Waals surface area contributed by atoms with Crippen LogP contribution in [0, 0.1) is 0 Å². The van der Waals surface area contributed by atoms with E-state index in [0.717, 1.165) is 18.8 Å². The Labute approximate surface area is 99.0 Å². The molecule has 1 heterocycles. The molecule has 0 bridgehead atoms. The molecule has 7 heteroatoms. The molecule has 1 rings (SSSR count). The van der Waals surface area contributed by atoms with E-state index in [4.69, 9.17) is 5.73 Å². The second-order valence-electron chi connectivity index (χ2n) is 3.42. The summed E-state index contributed by atoms with van der Waals surface area (Å²) in [7, 11) is 0. The number of thioether (sulfide) groups is 1. The standard InChI is InChI=1S/C9H17N5OS/c1-3-7(5-8(10)15)16-6-9-11-12-13-14(9)4-2/h7H,3-6H2,1-2H3,(H2,10,15). The molecule has 6 nitrogen and oxygen atoms in total. The smallest absolute Gasteiger partial charge is 0.218 e. The number of rotatable bonds is 7. The lowest BCUT2D eigenvalue weighted by molar-refractivity contribution is -0.118. The van der Waals surface area contributed by atoms with Gasteiger partial charge in [-0.3, -0.25) is 4.79 Å². The maximum absolute atomic E-state index is 10.8. The Morgan fingerprint density at radius 2 is 2.31 bits per heavy atom. The van der Waals surface area contributed by atoms with Crippen molar-refractivity contribution >= 4 is 17.7 Å². The molecule has 0 radical (unpaired) electrons. The van der Waals surface area contributed by atoms with Gasteiger partial charge in [-0.1, -0.05) is 6.92 Å². The number of hydrogen-bond donors (Lipinski definition) is 1. The molecule has 16 heavy (non-hydrogen) atoms. The highest BCUT2D eigenvalue weighted by Gasteiger charge is 2.12. The summed E-state index contributed by atoms with van der Waals surface area (Å²) in [6.07, 6.45) is 1.33. The molecule has 2 N–H and O–H groups in total. The van der Waals surface area contributed by atoms with Gasteiger partial charge in [-0.15, -0.1) is 16.9 Å². The molecule has 90 valence electrons. The van der Waals surface area contributed by atoms with Crippen molar-refractivity contribution in [3.63, 3.8) is 0 Å². The Bertz CT molecular complexity index is 340. The van der Waals surface area contributed by atoms with E-state index >= 15 is 0 Å². The Morgan fingerprint density at radius 3 is 2.88 bits per heavy atom. The lowest BCUT2D eigenvalue weighted by atomic mass is 10.2. The largest absolute Gasteiger partial charge is 0.370 e. The number of amides is 1. The van der Waals surface area contributed by atoms with Gasteiger partial charge in [0.2, 0.25) is 5.91 Å². The fourth-order valence-corrected chi connectivity index (χ4v) is 2.42. The normalized spacial score (nSPS) is 12.6. The van der Waals surface area contributed by atoms with Gasteiger partial charge < -0.3 is 5.73 Å². The van der Waals surface area contributed by atoms with Crippen LogP contribution in [-0.4, -0.2) is 31.4 Å². The zero-order chi connectivity index (χ0) is 12.0. The van der Waals surface area contributed by atoms with Gasteiger partial charge in [0, 0.05) is 18.2 Å². The Kier molecular flexibility index (Phi) is 5.24. The van der Waals surface area contributed by atoms with Gasteiger partial charge in [-0.25, -0.2) is 4.68 Å². The van der Waals surface area contributed by atoms with Crippen LogP contribution in [0.4, 0.5) is 0 Å². The maximum Gasteiger partial charge on any atom is 0.218 e. The number of tetrazole rings is 1. The molecular weight excluding hydrogens is 226 g/mol. The molecule has 0 aliphatic carbocycles. The van der Waals surface area contributed by atoms with E-state index in [-0.39, 0.29) is 11.2 Å². The van der Waals surface area contributed by atoms with Crippen LogP contribution in [0.5, 0.6) is 0 Å². The lowest BCUT2D eigenvalue weighted by Gasteiger charge is -2.11. The third-order valence-corrected chi connectivity index (χ3v) is 3.63. The van der Waals surface area contributed by atoms with Crippen molar-refractivity contribution < 1.29 is 4.79 Å². The molecule has 0 fully saturated rings. The summed E-state index contributed by atoms with van der Waals surface area (Å²) in [5.74, 6) is 1.30. The van der Waals surface area contributed by atoms with Crippen molar-refractivity contribution in [1.82, 2.24) is 20.2 Å². The first-order chi connectivity index (χ1) is 7.67. The van der Waals surface area contributed by atoms with E-state index in [1.54, 1.807) is 16.4 Å². The third-order valence-electron chi connectivity index (χ3n) is 2.24. The van der Waals surface area contributed by atoms with Crippen molar-refractivity contribution in [2.75, 3.05) is 0 Å². The first-order valence-electron chi connectivity index (χ1n) is 5.32. The van der Waals surface area contributed by atoms with Crippen LogP contribution >= 0.6 is 11.8 Å². The highest BCUT2D eigenvalue weighted by atomic mass is 32.2. The molecule has 0 saturated carbocycles. The Hall–Kier alpha value is -1.11. The van der Waals surface area contributed by atoms with Gasteiger partial charge in [-0.05, 0) is 23.8 Å². The molecule has 0 spiro atoms. The van der Waals surface area contributed by atoms with Crippen molar-refractivity contribution in [1.29, 1.82) is 0 Å². The number of aromatic nitrogens is 4. The third kappa shape index (κ3) is 3.80. The summed E-state index contributed by atoms with van der Waals surface area (Å²) in [5.41, 5.74) is 5.18. The van der Waals surface area contributed by atoms with E-state index in [1.807, 2.05) is 13.8 Å². The van der Waals surface area contributed by atoms with E-state index in [1.165, 1.54) is 0 Å². The summed E-state index contributed by atoms with van der Waals surface area (Å²) in [6.45, 7) is 4.80. The second kappa shape index (κ2) is 6.47. The predicted octanol–water partition coefficient (Wildman–Crippen LogP) is 0.580. The fraction of sp³-hybridized carbons (Fsp3) is 0.778. The van der Waals surface area contributed by atoms with Crippen LogP contribution in [0.1, 0.15) is 32.5 Å². The number of carbonyl (C=O) groups excluding carboxylic acids is 1. The molecule has 0 aliphatic heterocycles. The number of nitrogens with zero attached hydrogens (tertiary/aromatic N) is 4. The van der Waals surface area contributed by atoms with Crippen molar-refractivity contribution in [3.05, 3.63) is 5.82 Å². The maximum atomic E-state index is 10.8. The lowest BCUT2D eigenvalue weighted by Crippen LogP contribution is -2.17. The van der Waals surface area contributed by atoms with E-state index < -0.39 is 0 Å². The minimum Gasteiger partial charge on any atom is -0.370 e. The minimum atomic E-state index is -0.255. The van der Waals surface area contributed by atoms with Crippen LogP contribution in [0.25, 0.3) is 0 Å². The van der Waals surface area contributed by atoms with Crippen LogP contribution in [0.15, 0.2) is 0 Å². The van der Waals surface area contributed by atoms with Crippen LogP contribution < -0.4 is 5.73 Å². The van der Waals surface area contributed by atoms with Gasteiger partial charge >= 0.3 is 0 Å². The molecular formula is C9H17N5OS. The molecule has 1 aromatic heterocycles. The molecule has 1 atom stereocenters. The summed E-state index contributed by atoms with van der Waals surface area (Å²) in [6, 6.07) is 0. The Morgan fingerprint density at radius 1 is 1.56 bits per heavy atom. The number of nitrogens with two attached hydrogens (primary N) is 1. The number of carbonyl (C=O) groups is 1. The first kappa shape index (κ1) is 13.0. The predicted molar refractivity (Wildman–Crippen MR) is 62.7 cm³/mol. The summed E-state index contributed by atoms with van der Waals surface area (Å²) < 4.78 is 1.75. The highest BCUT2D eigenvalue weighted by Crippen LogP contribution is 2.21. The van der Waals surface area contributed by atoms with Crippen LogP contribution in [0.2, 0.25) is 0 Å². The number of hydrogen-bond acceptors (Lipinski definition) is 5. The highest BCUT2D eigenvalue weighted by molar-refractivity contribution is 7.99. The monoisotopic (exact) mass is 243 g/mol. The van der Waals surface area contributed by atoms with Gasteiger partial charge in [0.1, 0.15) is 0 Å². The van der Waals surface area contributed by atoms with Crippen molar-refractivity contribution in [3.8, 4) is 0 Å². The quantitative estimate of drug-likeness (QED) is 0.757. The minimum absolute atomic E-state index is 0.250.